The number of anilines is 1. The Bertz CT molecular complexity index is 1860. The van der Waals surface area contributed by atoms with E-state index in [-0.39, 0.29) is 62.4 Å². The Morgan fingerprint density at radius 2 is 1.91 bits per heavy atom. The number of rotatable bonds is 5. The van der Waals surface area contributed by atoms with Crippen molar-refractivity contribution in [3.63, 3.8) is 0 Å². The molecule has 2 bridgehead atoms. The van der Waals surface area contributed by atoms with E-state index in [1.807, 2.05) is 11.0 Å². The van der Waals surface area contributed by atoms with Crippen LogP contribution in [0, 0.1) is 17.1 Å². The topological polar surface area (TPSA) is 77.3 Å². The van der Waals surface area contributed by atoms with Gasteiger partial charge in [-0.2, -0.15) is 28.4 Å². The van der Waals surface area contributed by atoms with Gasteiger partial charge >= 0.3 is 12.2 Å². The van der Waals surface area contributed by atoms with Crippen molar-refractivity contribution in [3.05, 3.63) is 46.6 Å². The fourth-order valence-electron chi connectivity index (χ4n) is 7.94. The lowest BCUT2D eigenvalue weighted by molar-refractivity contribution is -0.137. The van der Waals surface area contributed by atoms with Gasteiger partial charge in [0.25, 0.3) is 0 Å². The van der Waals surface area contributed by atoms with Crippen molar-refractivity contribution >= 4 is 38.1 Å². The predicted octanol–water partition coefficient (Wildman–Crippen LogP) is 6.44. The summed E-state index contributed by atoms with van der Waals surface area (Å²) in [6, 6.07) is 7.25. The second kappa shape index (κ2) is 10.5. The first-order chi connectivity index (χ1) is 21.6. The first kappa shape index (κ1) is 28.8. The highest BCUT2D eigenvalue weighted by atomic mass is 32.1. The molecule has 7 nitrogen and oxygen atoms in total. The monoisotopic (exact) mass is 640 g/mol. The summed E-state index contributed by atoms with van der Waals surface area (Å²) >= 11 is 0.979. The zero-order chi connectivity index (χ0) is 31.1. The molecule has 0 aliphatic carbocycles. The lowest BCUT2D eigenvalue weighted by atomic mass is 9.93. The summed E-state index contributed by atoms with van der Waals surface area (Å²) in [5, 5.41) is 15.1. The third kappa shape index (κ3) is 4.80. The molecular formula is C32H29F5N6OS. The molecule has 13 heteroatoms. The van der Waals surface area contributed by atoms with Crippen LogP contribution in [0.3, 0.4) is 0 Å². The maximum Gasteiger partial charge on any atom is 0.417 e. The molecule has 234 valence electrons. The average Bonchev–Trinajstić information content (AvgIpc) is 3.77. The third-order valence-corrected chi connectivity index (χ3v) is 10.9. The standard InChI is InChI=1S/C32H29F5N6OS/c33-18-10-31(6-1-7-43(31)12-18)16-44-30-40-26-9-22(21-4-5-25(34)28-27(21)17(11-38)15-45-28)24(32(35,36)37)8-23(26)29(41-30)42-13-19-2-3-20(14-42)39-19/h4-5,8-9,15,18-20,39H,1-3,6-7,10,12-14,16H2/t18-,19?,20?,31+/m1/s1. The van der Waals surface area contributed by atoms with Crippen LogP contribution < -0.4 is 15.0 Å². The van der Waals surface area contributed by atoms with Gasteiger partial charge in [0, 0.05) is 54.3 Å². The number of nitrogens with zero attached hydrogens (tertiary/aromatic N) is 5. The number of aromatic nitrogens is 2. The number of nitrogens with one attached hydrogen (secondary N) is 1. The molecule has 2 unspecified atom stereocenters. The highest BCUT2D eigenvalue weighted by Crippen LogP contribution is 2.46. The fraction of sp³-hybridized carbons (Fsp3) is 0.469. The molecule has 45 heavy (non-hydrogen) atoms. The highest BCUT2D eigenvalue weighted by Gasteiger charge is 2.49. The van der Waals surface area contributed by atoms with E-state index in [0.717, 1.165) is 55.7 Å². The van der Waals surface area contributed by atoms with E-state index in [1.54, 1.807) is 0 Å². The lowest BCUT2D eigenvalue weighted by Gasteiger charge is -2.35. The second-order valence-corrected chi connectivity index (χ2v) is 13.6. The normalized spacial score (nSPS) is 26.6. The lowest BCUT2D eigenvalue weighted by Crippen LogP contribution is -2.51. The predicted molar refractivity (Wildman–Crippen MR) is 161 cm³/mol. The van der Waals surface area contributed by atoms with Crippen LogP contribution in [0.4, 0.5) is 27.8 Å². The van der Waals surface area contributed by atoms with Crippen molar-refractivity contribution in [3.8, 4) is 23.2 Å². The highest BCUT2D eigenvalue weighted by molar-refractivity contribution is 7.17. The summed E-state index contributed by atoms with van der Waals surface area (Å²) in [4.78, 5) is 13.5. The van der Waals surface area contributed by atoms with E-state index in [9.17, 15) is 27.2 Å². The largest absolute Gasteiger partial charge is 0.461 e. The van der Waals surface area contributed by atoms with Crippen molar-refractivity contribution in [1.29, 1.82) is 5.26 Å². The number of benzene rings is 2. The van der Waals surface area contributed by atoms with Crippen LogP contribution in [0.2, 0.25) is 0 Å². The van der Waals surface area contributed by atoms with Crippen LogP contribution >= 0.6 is 11.3 Å². The number of hydrogen-bond donors (Lipinski definition) is 1. The smallest absolute Gasteiger partial charge is 0.417 e. The van der Waals surface area contributed by atoms with Gasteiger partial charge in [0.2, 0.25) is 0 Å². The zero-order valence-corrected chi connectivity index (χ0v) is 24.9. The van der Waals surface area contributed by atoms with Gasteiger partial charge in [-0.3, -0.25) is 4.90 Å². The van der Waals surface area contributed by atoms with Gasteiger partial charge in [-0.15, -0.1) is 11.3 Å². The second-order valence-electron chi connectivity index (χ2n) is 12.7. The Labute approximate surface area is 259 Å². The summed E-state index contributed by atoms with van der Waals surface area (Å²) in [5.41, 5.74) is -1.14. The van der Waals surface area contributed by atoms with Crippen LogP contribution in [-0.2, 0) is 6.18 Å². The molecule has 4 aliphatic heterocycles. The Balaban J connectivity index is 1.30. The van der Waals surface area contributed by atoms with Crippen molar-refractivity contribution < 1.29 is 26.7 Å². The van der Waals surface area contributed by atoms with Gasteiger partial charge in [0.1, 0.15) is 30.5 Å². The van der Waals surface area contributed by atoms with E-state index < -0.39 is 29.3 Å². The number of ether oxygens (including phenoxy) is 1. The van der Waals surface area contributed by atoms with Gasteiger partial charge < -0.3 is 15.0 Å². The molecule has 0 saturated carbocycles. The summed E-state index contributed by atoms with van der Waals surface area (Å²) < 4.78 is 80.0. The molecule has 4 aliphatic rings. The molecule has 4 saturated heterocycles. The molecule has 2 aromatic heterocycles. The molecule has 0 radical (unpaired) electrons. The number of halogens is 5. The van der Waals surface area contributed by atoms with E-state index in [1.165, 1.54) is 17.5 Å². The minimum absolute atomic E-state index is 0.0233. The van der Waals surface area contributed by atoms with Gasteiger partial charge in [-0.05, 0) is 61.6 Å². The number of thiophene rings is 1. The third-order valence-electron chi connectivity index (χ3n) is 9.93. The number of piperazine rings is 1. The summed E-state index contributed by atoms with van der Waals surface area (Å²) in [6.07, 6.45) is -1.69. The molecule has 6 heterocycles. The quantitative estimate of drug-likeness (QED) is 0.252. The van der Waals surface area contributed by atoms with Gasteiger partial charge in [-0.25, -0.2) is 8.78 Å². The summed E-state index contributed by atoms with van der Waals surface area (Å²) in [5.74, 6) is -0.246. The molecular weight excluding hydrogens is 611 g/mol. The van der Waals surface area contributed by atoms with Gasteiger partial charge in [-0.1, -0.05) is 6.07 Å². The SMILES string of the molecule is N#Cc1csc2c(F)ccc(-c3cc4nc(OC[C@@]56CCCN5C[C@H](F)C6)nc(N5CC6CCC(C5)N6)c4cc3C(F)(F)F)c12. The zero-order valence-electron chi connectivity index (χ0n) is 24.1. The average molecular weight is 641 g/mol. The Morgan fingerprint density at radius 1 is 1.11 bits per heavy atom. The van der Waals surface area contributed by atoms with Crippen LogP contribution in [-0.4, -0.2) is 71.4 Å². The van der Waals surface area contributed by atoms with Crippen molar-refractivity contribution in [1.82, 2.24) is 20.2 Å². The van der Waals surface area contributed by atoms with Crippen LogP contribution in [0.1, 0.15) is 43.2 Å². The van der Waals surface area contributed by atoms with Crippen molar-refractivity contribution in [2.75, 3.05) is 37.7 Å². The van der Waals surface area contributed by atoms with Crippen LogP contribution in [0.15, 0.2) is 29.6 Å². The van der Waals surface area contributed by atoms with Crippen molar-refractivity contribution in [2.24, 2.45) is 0 Å². The van der Waals surface area contributed by atoms with Crippen LogP contribution in [0.5, 0.6) is 6.01 Å². The molecule has 8 rings (SSSR count). The van der Waals surface area contributed by atoms with E-state index in [2.05, 4.69) is 15.2 Å². The molecule has 0 spiro atoms. The molecule has 4 aromatic rings. The Kier molecular flexibility index (Phi) is 6.71. The maximum atomic E-state index is 14.8. The Morgan fingerprint density at radius 3 is 2.67 bits per heavy atom. The van der Waals surface area contributed by atoms with E-state index >= 15 is 0 Å². The summed E-state index contributed by atoms with van der Waals surface area (Å²) in [7, 11) is 0. The minimum atomic E-state index is -4.77. The molecule has 0 amide bonds. The minimum Gasteiger partial charge on any atom is -0.461 e. The number of alkyl halides is 4. The summed E-state index contributed by atoms with van der Waals surface area (Å²) in [6.45, 7) is 2.48. The van der Waals surface area contributed by atoms with Crippen molar-refractivity contribution in [2.45, 2.75) is 62.1 Å². The van der Waals surface area contributed by atoms with E-state index in [0.29, 0.717) is 31.9 Å². The van der Waals surface area contributed by atoms with Gasteiger partial charge in [0.15, 0.2) is 0 Å². The first-order valence-electron chi connectivity index (χ1n) is 15.2. The van der Waals surface area contributed by atoms with Crippen LogP contribution in [0.25, 0.3) is 32.1 Å². The number of hydrogen-bond acceptors (Lipinski definition) is 8. The molecule has 1 N–H and O–H groups in total. The molecule has 2 aromatic carbocycles. The maximum absolute atomic E-state index is 14.8. The first-order valence-corrected chi connectivity index (χ1v) is 16.1. The molecule has 4 atom stereocenters. The van der Waals surface area contributed by atoms with Gasteiger partial charge in [0.05, 0.1) is 26.9 Å². The molecule has 4 fully saturated rings. The van der Waals surface area contributed by atoms with E-state index in [4.69, 9.17) is 9.72 Å². The number of nitriles is 1. The number of fused-ring (bicyclic) bond motifs is 5. The Hall–Kier alpha value is -3.60. The fourth-order valence-corrected chi connectivity index (χ4v) is 8.87.